The van der Waals surface area contributed by atoms with Gasteiger partial charge in [0.2, 0.25) is 0 Å². The largest absolute Gasteiger partial charge is 0.466 e. The molecule has 104 valence electrons. The summed E-state index contributed by atoms with van der Waals surface area (Å²) in [5.41, 5.74) is 1.17. The summed E-state index contributed by atoms with van der Waals surface area (Å²) < 4.78 is 4.80. The number of carbonyl (C=O) groups is 1. The number of esters is 1. The fraction of sp³-hybridized carbons (Fsp3) is 0.462. The van der Waals surface area contributed by atoms with Crippen molar-refractivity contribution < 1.29 is 14.5 Å². The Kier molecular flexibility index (Phi) is 5.78. The molecule has 1 rings (SSSR count). The molecule has 0 aliphatic rings. The van der Waals surface area contributed by atoms with Gasteiger partial charge in [-0.15, -0.1) is 0 Å². The maximum absolute atomic E-state index is 11.1. The van der Waals surface area contributed by atoms with E-state index < -0.39 is 4.92 Å². The van der Waals surface area contributed by atoms with Crippen LogP contribution in [0.25, 0.3) is 0 Å². The maximum atomic E-state index is 11.1. The van der Waals surface area contributed by atoms with E-state index >= 15 is 0 Å². The molecule has 0 spiro atoms. The first-order valence-electron chi connectivity index (χ1n) is 6.19. The lowest BCUT2D eigenvalue weighted by Crippen LogP contribution is -2.09. The zero-order valence-electron chi connectivity index (χ0n) is 11.1. The highest BCUT2D eigenvalue weighted by Crippen LogP contribution is 2.27. The number of carbonyl (C=O) groups excluding carboxylic acids is 1. The minimum absolute atomic E-state index is 0.0821. The van der Waals surface area contributed by atoms with Gasteiger partial charge in [-0.25, -0.2) is 0 Å². The number of rotatable bonds is 7. The second-order valence-electron chi connectivity index (χ2n) is 4.06. The summed E-state index contributed by atoms with van der Waals surface area (Å²) in [6.45, 7) is 4.31. The van der Waals surface area contributed by atoms with Crippen LogP contribution in [0.15, 0.2) is 18.2 Å². The number of nitrogens with one attached hydrogen (secondary N) is 1. The van der Waals surface area contributed by atoms with Crippen LogP contribution in [-0.4, -0.2) is 24.0 Å². The molecule has 0 unspecified atom stereocenters. The SMILES string of the molecule is CCOC(=O)CCCNc1cccc(C)c1[N+](=O)[O-]. The summed E-state index contributed by atoms with van der Waals surface area (Å²) in [6.07, 6.45) is 0.879. The highest BCUT2D eigenvalue weighted by molar-refractivity contribution is 5.69. The van der Waals surface area contributed by atoms with E-state index in [0.29, 0.717) is 37.2 Å². The summed E-state index contributed by atoms with van der Waals surface area (Å²) in [5, 5.41) is 13.9. The third-order valence-corrected chi connectivity index (χ3v) is 2.60. The van der Waals surface area contributed by atoms with Gasteiger partial charge < -0.3 is 10.1 Å². The van der Waals surface area contributed by atoms with Crippen LogP contribution in [0.2, 0.25) is 0 Å². The third kappa shape index (κ3) is 4.57. The zero-order chi connectivity index (χ0) is 14.3. The predicted molar refractivity (Wildman–Crippen MR) is 72.2 cm³/mol. The summed E-state index contributed by atoms with van der Waals surface area (Å²) in [7, 11) is 0. The molecule has 6 heteroatoms. The van der Waals surface area contributed by atoms with E-state index in [0.717, 1.165) is 0 Å². The number of hydrogen-bond acceptors (Lipinski definition) is 5. The molecule has 0 heterocycles. The molecule has 1 aromatic rings. The number of nitrogens with zero attached hydrogens (tertiary/aromatic N) is 1. The number of nitro benzene ring substituents is 1. The standard InChI is InChI=1S/C13H18N2O4/c1-3-19-12(16)8-5-9-14-11-7-4-6-10(2)13(11)15(17)18/h4,6-7,14H,3,5,8-9H2,1-2H3. The van der Waals surface area contributed by atoms with Gasteiger partial charge in [-0.3, -0.25) is 14.9 Å². The molecule has 0 aliphatic carbocycles. The van der Waals surface area contributed by atoms with Crippen molar-refractivity contribution in [1.82, 2.24) is 0 Å². The summed E-state index contributed by atoms with van der Waals surface area (Å²) in [4.78, 5) is 21.7. The summed E-state index contributed by atoms with van der Waals surface area (Å²) in [6, 6.07) is 5.12. The molecule has 1 aromatic carbocycles. The Bertz CT molecular complexity index is 460. The maximum Gasteiger partial charge on any atom is 0.305 e. The Labute approximate surface area is 111 Å². The van der Waals surface area contributed by atoms with Gasteiger partial charge in [0.05, 0.1) is 11.5 Å². The molecule has 0 bridgehead atoms. The molecule has 0 saturated carbocycles. The van der Waals surface area contributed by atoms with Crippen molar-refractivity contribution >= 4 is 17.3 Å². The Balaban J connectivity index is 2.52. The van der Waals surface area contributed by atoms with Gasteiger partial charge in [-0.1, -0.05) is 12.1 Å². The fourth-order valence-corrected chi connectivity index (χ4v) is 1.73. The quantitative estimate of drug-likeness (QED) is 0.355. The molecule has 0 amide bonds. The second-order valence-corrected chi connectivity index (χ2v) is 4.06. The Morgan fingerprint density at radius 3 is 2.84 bits per heavy atom. The van der Waals surface area contributed by atoms with Gasteiger partial charge in [0, 0.05) is 18.5 Å². The van der Waals surface area contributed by atoms with Crippen molar-refractivity contribution in [1.29, 1.82) is 0 Å². The first-order valence-corrected chi connectivity index (χ1v) is 6.19. The van der Waals surface area contributed by atoms with E-state index in [9.17, 15) is 14.9 Å². The molecule has 0 fully saturated rings. The smallest absolute Gasteiger partial charge is 0.305 e. The van der Waals surface area contributed by atoms with Crippen LogP contribution < -0.4 is 5.32 Å². The van der Waals surface area contributed by atoms with Gasteiger partial charge in [-0.05, 0) is 26.3 Å². The number of hydrogen-bond donors (Lipinski definition) is 1. The van der Waals surface area contributed by atoms with E-state index in [1.54, 1.807) is 32.0 Å². The number of nitro groups is 1. The molecular formula is C13H18N2O4. The molecule has 19 heavy (non-hydrogen) atoms. The molecule has 6 nitrogen and oxygen atoms in total. The van der Waals surface area contributed by atoms with Crippen LogP contribution in [0.3, 0.4) is 0 Å². The molecular weight excluding hydrogens is 248 g/mol. The summed E-state index contributed by atoms with van der Waals surface area (Å²) in [5.74, 6) is -0.247. The predicted octanol–water partition coefficient (Wildman–Crippen LogP) is 2.66. The average Bonchev–Trinajstić information content (AvgIpc) is 2.34. The van der Waals surface area contributed by atoms with Gasteiger partial charge in [-0.2, -0.15) is 0 Å². The highest BCUT2D eigenvalue weighted by Gasteiger charge is 2.16. The number of anilines is 1. The molecule has 1 N–H and O–H groups in total. The Morgan fingerprint density at radius 2 is 2.21 bits per heavy atom. The van der Waals surface area contributed by atoms with Crippen LogP contribution in [0.5, 0.6) is 0 Å². The van der Waals surface area contributed by atoms with Crippen molar-refractivity contribution in [3.05, 3.63) is 33.9 Å². The van der Waals surface area contributed by atoms with Crippen molar-refractivity contribution in [3.63, 3.8) is 0 Å². The topological polar surface area (TPSA) is 81.5 Å². The normalized spacial score (nSPS) is 10.0. The van der Waals surface area contributed by atoms with Crippen molar-refractivity contribution in [2.24, 2.45) is 0 Å². The van der Waals surface area contributed by atoms with Crippen molar-refractivity contribution in [2.75, 3.05) is 18.5 Å². The second kappa shape index (κ2) is 7.35. The van der Waals surface area contributed by atoms with E-state index in [1.807, 2.05) is 0 Å². The van der Waals surface area contributed by atoms with Crippen molar-refractivity contribution in [2.45, 2.75) is 26.7 Å². The molecule has 0 radical (unpaired) electrons. The first-order chi connectivity index (χ1) is 9.06. The Morgan fingerprint density at radius 1 is 1.47 bits per heavy atom. The average molecular weight is 266 g/mol. The minimum atomic E-state index is -0.400. The van der Waals surface area contributed by atoms with Crippen LogP contribution in [0.4, 0.5) is 11.4 Å². The van der Waals surface area contributed by atoms with Gasteiger partial charge in [0.1, 0.15) is 5.69 Å². The van der Waals surface area contributed by atoms with Crippen LogP contribution >= 0.6 is 0 Å². The van der Waals surface area contributed by atoms with Gasteiger partial charge in [0.15, 0.2) is 0 Å². The van der Waals surface area contributed by atoms with Gasteiger partial charge in [0.25, 0.3) is 5.69 Å². The minimum Gasteiger partial charge on any atom is -0.466 e. The van der Waals surface area contributed by atoms with Crippen LogP contribution in [0.1, 0.15) is 25.3 Å². The number of para-hydroxylation sites is 1. The molecule has 0 aliphatic heterocycles. The number of ether oxygens (including phenoxy) is 1. The molecule has 0 aromatic heterocycles. The van der Waals surface area contributed by atoms with Crippen LogP contribution in [0, 0.1) is 17.0 Å². The monoisotopic (exact) mass is 266 g/mol. The number of aryl methyl sites for hydroxylation is 1. The Hall–Kier alpha value is -2.11. The first kappa shape index (κ1) is 14.9. The van der Waals surface area contributed by atoms with Crippen molar-refractivity contribution in [3.8, 4) is 0 Å². The van der Waals surface area contributed by atoms with Gasteiger partial charge >= 0.3 is 5.97 Å². The highest BCUT2D eigenvalue weighted by atomic mass is 16.6. The lowest BCUT2D eigenvalue weighted by Gasteiger charge is -2.08. The lowest BCUT2D eigenvalue weighted by atomic mass is 10.1. The third-order valence-electron chi connectivity index (χ3n) is 2.60. The van der Waals surface area contributed by atoms with Crippen LogP contribution in [-0.2, 0) is 9.53 Å². The number of benzene rings is 1. The fourth-order valence-electron chi connectivity index (χ4n) is 1.73. The van der Waals surface area contributed by atoms with E-state index in [1.165, 1.54) is 0 Å². The summed E-state index contributed by atoms with van der Waals surface area (Å²) >= 11 is 0. The van der Waals surface area contributed by atoms with E-state index in [4.69, 9.17) is 4.74 Å². The molecule has 0 atom stereocenters. The van der Waals surface area contributed by atoms with E-state index in [2.05, 4.69) is 5.32 Å². The van der Waals surface area contributed by atoms with E-state index in [-0.39, 0.29) is 11.7 Å². The zero-order valence-corrected chi connectivity index (χ0v) is 11.1. The lowest BCUT2D eigenvalue weighted by molar-refractivity contribution is -0.384. The molecule has 0 saturated heterocycles.